The number of aromatic nitrogens is 2. The van der Waals surface area contributed by atoms with Gasteiger partial charge < -0.3 is 14.5 Å². The van der Waals surface area contributed by atoms with Crippen molar-refractivity contribution < 1.29 is 9.53 Å². The van der Waals surface area contributed by atoms with Crippen molar-refractivity contribution in [1.82, 2.24) is 15.1 Å². The molecule has 3 aromatic rings. The Bertz CT molecular complexity index is 1010. The number of para-hydroxylation sites is 1. The molecule has 31 heavy (non-hydrogen) atoms. The molecule has 6 nitrogen and oxygen atoms in total. The average Bonchev–Trinajstić information content (AvgIpc) is 3.30. The fourth-order valence-corrected chi connectivity index (χ4v) is 3.92. The number of carbonyl (C=O) groups excluding carboxylic acids is 1. The molecule has 2 aromatic carbocycles. The summed E-state index contributed by atoms with van der Waals surface area (Å²) in [7, 11) is 0. The summed E-state index contributed by atoms with van der Waals surface area (Å²) in [5.74, 6) is 0.817. The molecule has 0 saturated carbocycles. The summed E-state index contributed by atoms with van der Waals surface area (Å²) in [4.78, 5) is 17.0. The number of carbonyl (C=O) groups is 1. The van der Waals surface area contributed by atoms with Crippen LogP contribution in [0.25, 0.3) is 11.3 Å². The van der Waals surface area contributed by atoms with E-state index >= 15 is 0 Å². The Morgan fingerprint density at radius 2 is 1.84 bits per heavy atom. The molecular formula is C24H27ClN4O2. The third-order valence-electron chi connectivity index (χ3n) is 5.48. The lowest BCUT2D eigenvalue weighted by Crippen LogP contribution is -2.49. The van der Waals surface area contributed by atoms with Crippen LogP contribution in [0.1, 0.15) is 30.3 Å². The molecular weight excluding hydrogens is 412 g/mol. The Labute approximate surface area is 187 Å². The molecule has 162 valence electrons. The molecule has 4 rings (SSSR count). The summed E-state index contributed by atoms with van der Waals surface area (Å²) >= 11 is 6.31. The summed E-state index contributed by atoms with van der Waals surface area (Å²) in [6.45, 7) is 5.64. The maximum absolute atomic E-state index is 12.9. The second-order valence-electron chi connectivity index (χ2n) is 7.62. The molecule has 0 radical (unpaired) electrons. The SMILES string of the molecule is CCCCOc1ccc(-c2cc(C(=O)N3CCN(c4ccccc4Cl)CC3)[nH]n2)cc1. The van der Waals surface area contributed by atoms with Crippen LogP contribution in [0.3, 0.4) is 0 Å². The fraction of sp³-hybridized carbons (Fsp3) is 0.333. The van der Waals surface area contributed by atoms with Crippen LogP contribution in [0.5, 0.6) is 5.75 Å². The van der Waals surface area contributed by atoms with Crippen LogP contribution in [0.2, 0.25) is 5.02 Å². The molecule has 1 aromatic heterocycles. The summed E-state index contributed by atoms with van der Waals surface area (Å²) < 4.78 is 5.71. The highest BCUT2D eigenvalue weighted by atomic mass is 35.5. The number of unbranched alkanes of at least 4 members (excludes halogenated alkanes) is 1. The number of hydrogen-bond acceptors (Lipinski definition) is 4. The summed E-state index contributed by atoms with van der Waals surface area (Å²) in [5.41, 5.74) is 3.21. The first-order chi connectivity index (χ1) is 15.2. The molecule has 1 aliphatic heterocycles. The Balaban J connectivity index is 1.36. The van der Waals surface area contributed by atoms with Crippen molar-refractivity contribution in [3.05, 3.63) is 65.3 Å². The Morgan fingerprint density at radius 1 is 1.10 bits per heavy atom. The number of nitrogens with zero attached hydrogens (tertiary/aromatic N) is 3. The number of benzene rings is 2. The van der Waals surface area contributed by atoms with Crippen molar-refractivity contribution in [2.75, 3.05) is 37.7 Å². The predicted molar refractivity (Wildman–Crippen MR) is 124 cm³/mol. The Hall–Kier alpha value is -2.99. The number of halogens is 1. The van der Waals surface area contributed by atoms with E-state index in [1.54, 1.807) is 0 Å². The number of ether oxygens (including phenoxy) is 1. The van der Waals surface area contributed by atoms with E-state index in [4.69, 9.17) is 16.3 Å². The van der Waals surface area contributed by atoms with Crippen LogP contribution in [0, 0.1) is 0 Å². The van der Waals surface area contributed by atoms with Gasteiger partial charge in [-0.15, -0.1) is 0 Å². The van der Waals surface area contributed by atoms with Crippen LogP contribution >= 0.6 is 11.6 Å². The van der Waals surface area contributed by atoms with Gasteiger partial charge in [0, 0.05) is 31.7 Å². The van der Waals surface area contributed by atoms with E-state index in [1.807, 2.05) is 59.5 Å². The van der Waals surface area contributed by atoms with E-state index in [-0.39, 0.29) is 5.91 Å². The molecule has 0 spiro atoms. The van der Waals surface area contributed by atoms with E-state index in [0.717, 1.165) is 60.3 Å². The monoisotopic (exact) mass is 438 g/mol. The minimum Gasteiger partial charge on any atom is -0.494 e. The summed E-state index contributed by atoms with van der Waals surface area (Å²) in [6.07, 6.45) is 2.15. The van der Waals surface area contributed by atoms with Gasteiger partial charge in [-0.3, -0.25) is 9.89 Å². The molecule has 0 unspecified atom stereocenters. The Morgan fingerprint density at radius 3 is 2.55 bits per heavy atom. The fourth-order valence-electron chi connectivity index (χ4n) is 3.66. The van der Waals surface area contributed by atoms with Crippen molar-refractivity contribution in [3.63, 3.8) is 0 Å². The lowest BCUT2D eigenvalue weighted by Gasteiger charge is -2.36. The first-order valence-electron chi connectivity index (χ1n) is 10.7. The van der Waals surface area contributed by atoms with Gasteiger partial charge in [0.05, 0.1) is 23.0 Å². The largest absolute Gasteiger partial charge is 0.494 e. The van der Waals surface area contributed by atoms with E-state index in [1.165, 1.54) is 0 Å². The second kappa shape index (κ2) is 9.88. The van der Waals surface area contributed by atoms with Crippen LogP contribution < -0.4 is 9.64 Å². The molecule has 1 amide bonds. The van der Waals surface area contributed by atoms with Gasteiger partial charge >= 0.3 is 0 Å². The Kier molecular flexibility index (Phi) is 6.77. The van der Waals surface area contributed by atoms with Crippen molar-refractivity contribution in [1.29, 1.82) is 0 Å². The van der Waals surface area contributed by atoms with Gasteiger partial charge in [-0.05, 0) is 48.9 Å². The van der Waals surface area contributed by atoms with Crippen molar-refractivity contribution >= 4 is 23.2 Å². The minimum atomic E-state index is -0.0305. The number of piperazine rings is 1. The third kappa shape index (κ3) is 5.02. The highest BCUT2D eigenvalue weighted by molar-refractivity contribution is 6.33. The average molecular weight is 439 g/mol. The highest BCUT2D eigenvalue weighted by Crippen LogP contribution is 2.27. The molecule has 1 fully saturated rings. The zero-order valence-corrected chi connectivity index (χ0v) is 18.4. The molecule has 1 aliphatic rings. The molecule has 0 bridgehead atoms. The summed E-state index contributed by atoms with van der Waals surface area (Å²) in [6, 6.07) is 17.4. The molecule has 0 aliphatic carbocycles. The van der Waals surface area contributed by atoms with Gasteiger partial charge in [0.15, 0.2) is 0 Å². The van der Waals surface area contributed by atoms with Gasteiger partial charge in [-0.25, -0.2) is 0 Å². The first-order valence-corrected chi connectivity index (χ1v) is 11.1. The quantitative estimate of drug-likeness (QED) is 0.534. The van der Waals surface area contributed by atoms with Gasteiger partial charge in [0.1, 0.15) is 11.4 Å². The lowest BCUT2D eigenvalue weighted by atomic mass is 10.1. The summed E-state index contributed by atoms with van der Waals surface area (Å²) in [5, 5.41) is 7.98. The number of anilines is 1. The van der Waals surface area contributed by atoms with E-state index < -0.39 is 0 Å². The normalized spacial score (nSPS) is 14.0. The number of nitrogens with one attached hydrogen (secondary N) is 1. The molecule has 0 atom stereocenters. The van der Waals surface area contributed by atoms with Crippen LogP contribution in [0.4, 0.5) is 5.69 Å². The second-order valence-corrected chi connectivity index (χ2v) is 8.03. The van der Waals surface area contributed by atoms with Crippen molar-refractivity contribution in [3.8, 4) is 17.0 Å². The molecule has 1 saturated heterocycles. The van der Waals surface area contributed by atoms with Crippen molar-refractivity contribution in [2.24, 2.45) is 0 Å². The lowest BCUT2D eigenvalue weighted by molar-refractivity contribution is 0.0741. The number of aromatic amines is 1. The molecule has 7 heteroatoms. The highest BCUT2D eigenvalue weighted by Gasteiger charge is 2.24. The number of rotatable bonds is 7. The van der Waals surface area contributed by atoms with E-state index in [9.17, 15) is 4.79 Å². The maximum atomic E-state index is 12.9. The van der Waals surface area contributed by atoms with Crippen LogP contribution in [-0.2, 0) is 0 Å². The standard InChI is InChI=1S/C24H27ClN4O2/c1-2-3-16-31-19-10-8-18(9-11-19)21-17-22(27-26-21)24(30)29-14-12-28(13-15-29)23-7-5-4-6-20(23)25/h4-11,17H,2-3,12-16H2,1H3,(H,26,27). The zero-order valence-electron chi connectivity index (χ0n) is 17.7. The minimum absolute atomic E-state index is 0.0305. The number of amides is 1. The van der Waals surface area contributed by atoms with E-state index in [2.05, 4.69) is 22.0 Å². The number of hydrogen-bond donors (Lipinski definition) is 1. The van der Waals surface area contributed by atoms with Gasteiger partial charge in [0.2, 0.25) is 0 Å². The first kappa shape index (κ1) is 21.2. The smallest absolute Gasteiger partial charge is 0.272 e. The topological polar surface area (TPSA) is 61.5 Å². The zero-order chi connectivity index (χ0) is 21.6. The third-order valence-corrected chi connectivity index (χ3v) is 5.80. The van der Waals surface area contributed by atoms with Gasteiger partial charge in [0.25, 0.3) is 5.91 Å². The van der Waals surface area contributed by atoms with Gasteiger partial charge in [-0.2, -0.15) is 5.10 Å². The maximum Gasteiger partial charge on any atom is 0.272 e. The number of H-pyrrole nitrogens is 1. The van der Waals surface area contributed by atoms with E-state index in [0.29, 0.717) is 18.8 Å². The predicted octanol–water partition coefficient (Wildman–Crippen LogP) is 4.87. The van der Waals surface area contributed by atoms with Crippen LogP contribution in [0.15, 0.2) is 54.6 Å². The molecule has 2 heterocycles. The molecule has 1 N–H and O–H groups in total. The van der Waals surface area contributed by atoms with Crippen molar-refractivity contribution in [2.45, 2.75) is 19.8 Å². The van der Waals surface area contributed by atoms with Gasteiger partial charge in [-0.1, -0.05) is 37.1 Å². The van der Waals surface area contributed by atoms with Crippen LogP contribution in [-0.4, -0.2) is 53.8 Å².